The molecule has 1 fully saturated rings. The Morgan fingerprint density at radius 1 is 1.20 bits per heavy atom. The predicted octanol–water partition coefficient (Wildman–Crippen LogP) is 4.06. The molecule has 4 rings (SSSR count). The third kappa shape index (κ3) is 3.05. The molecule has 1 aliphatic carbocycles. The molecule has 0 bridgehead atoms. The fourth-order valence-corrected chi connectivity index (χ4v) is 4.10. The normalized spacial score (nSPS) is 19.3. The molecule has 0 spiro atoms. The smallest absolute Gasteiger partial charge is 0.338 e. The van der Waals surface area contributed by atoms with Crippen molar-refractivity contribution in [1.82, 2.24) is 0 Å². The zero-order chi connectivity index (χ0) is 24.0. The fourth-order valence-electron chi connectivity index (χ4n) is 4.10. The standard InChI is InChI=1S/C23H24O7/c1-13(23(22(25)26)9-4-10-23)30-19-16(7-8-18(27-2)20(19)28-3)14-5-6-17-15(11-14)12-29-21(17)24/h5-8,11,13H,4,9-10,12H2,1-3H3,(H,25,26)/i2D3. The lowest BCUT2D eigenvalue weighted by atomic mass is 9.65. The minimum Gasteiger partial charge on any atom is -0.493 e. The number of aliphatic carboxylic acids is 1. The molecular formula is C23H24O7. The van der Waals surface area contributed by atoms with Crippen LogP contribution in [0.2, 0.25) is 0 Å². The Balaban J connectivity index is 1.82. The maximum atomic E-state index is 12.0. The lowest BCUT2D eigenvalue weighted by molar-refractivity contribution is -0.162. The summed E-state index contributed by atoms with van der Waals surface area (Å²) in [5, 5.41) is 9.83. The molecule has 1 unspecified atom stereocenters. The second kappa shape index (κ2) is 7.55. The second-order valence-corrected chi connectivity index (χ2v) is 7.60. The van der Waals surface area contributed by atoms with Gasteiger partial charge in [0.1, 0.15) is 18.1 Å². The van der Waals surface area contributed by atoms with Crippen LogP contribution in [0.25, 0.3) is 11.1 Å². The number of hydrogen-bond acceptors (Lipinski definition) is 6. The number of hydrogen-bond donors (Lipinski definition) is 1. The summed E-state index contributed by atoms with van der Waals surface area (Å²) in [6, 6.07) is 8.24. The number of cyclic esters (lactones) is 1. The largest absolute Gasteiger partial charge is 0.493 e. The molecule has 1 heterocycles. The summed E-state index contributed by atoms with van der Waals surface area (Å²) < 4.78 is 44.3. The molecule has 1 N–H and O–H groups in total. The van der Waals surface area contributed by atoms with Gasteiger partial charge in [-0.1, -0.05) is 12.5 Å². The van der Waals surface area contributed by atoms with Gasteiger partial charge >= 0.3 is 11.9 Å². The Kier molecular flexibility index (Phi) is 4.17. The van der Waals surface area contributed by atoms with Gasteiger partial charge in [-0.3, -0.25) is 4.79 Å². The van der Waals surface area contributed by atoms with Gasteiger partial charge < -0.3 is 24.1 Å². The molecule has 1 atom stereocenters. The van der Waals surface area contributed by atoms with Crippen LogP contribution in [-0.4, -0.2) is 37.3 Å². The Bertz CT molecular complexity index is 1110. The fraction of sp³-hybridized carbons (Fsp3) is 0.391. The van der Waals surface area contributed by atoms with Gasteiger partial charge in [-0.05, 0) is 49.6 Å². The summed E-state index contributed by atoms with van der Waals surface area (Å²) >= 11 is 0. The van der Waals surface area contributed by atoms with Crippen LogP contribution in [-0.2, 0) is 16.1 Å². The van der Waals surface area contributed by atoms with Crippen LogP contribution in [0.1, 0.15) is 46.2 Å². The van der Waals surface area contributed by atoms with E-state index in [0.717, 1.165) is 6.42 Å². The first-order valence-electron chi connectivity index (χ1n) is 11.2. The van der Waals surface area contributed by atoms with Crippen LogP contribution < -0.4 is 14.2 Å². The summed E-state index contributed by atoms with van der Waals surface area (Å²) in [6.45, 7) is 1.83. The molecule has 7 nitrogen and oxygen atoms in total. The van der Waals surface area contributed by atoms with Crippen LogP contribution in [0.5, 0.6) is 17.2 Å². The van der Waals surface area contributed by atoms with Crippen molar-refractivity contribution in [3.05, 3.63) is 41.5 Å². The third-order valence-electron chi connectivity index (χ3n) is 6.13. The zero-order valence-corrected chi connectivity index (χ0v) is 16.7. The van der Waals surface area contributed by atoms with Gasteiger partial charge in [0, 0.05) is 11.1 Å². The molecule has 7 heteroatoms. The quantitative estimate of drug-likeness (QED) is 0.682. The van der Waals surface area contributed by atoms with Gasteiger partial charge in [0.05, 0.1) is 23.8 Å². The minimum atomic E-state index is -2.72. The summed E-state index contributed by atoms with van der Waals surface area (Å²) in [5.74, 6) is -1.17. The highest BCUT2D eigenvalue weighted by Gasteiger charge is 2.50. The number of carboxylic acids is 1. The lowest BCUT2D eigenvalue weighted by Gasteiger charge is -2.42. The van der Waals surface area contributed by atoms with E-state index >= 15 is 0 Å². The van der Waals surface area contributed by atoms with Gasteiger partial charge in [-0.15, -0.1) is 0 Å². The molecule has 0 aromatic heterocycles. The molecule has 30 heavy (non-hydrogen) atoms. The van der Waals surface area contributed by atoms with E-state index in [1.165, 1.54) is 13.2 Å². The number of fused-ring (bicyclic) bond motifs is 1. The Morgan fingerprint density at radius 2 is 1.97 bits per heavy atom. The summed E-state index contributed by atoms with van der Waals surface area (Å²) in [7, 11) is -1.37. The number of methoxy groups -OCH3 is 2. The minimum absolute atomic E-state index is 0.0446. The number of ether oxygens (including phenoxy) is 4. The Morgan fingerprint density at radius 3 is 2.60 bits per heavy atom. The monoisotopic (exact) mass is 415 g/mol. The van der Waals surface area contributed by atoms with E-state index in [-0.39, 0.29) is 23.9 Å². The van der Waals surface area contributed by atoms with Gasteiger partial charge in [-0.2, -0.15) is 0 Å². The topological polar surface area (TPSA) is 91.3 Å². The van der Waals surface area contributed by atoms with E-state index < -0.39 is 30.5 Å². The van der Waals surface area contributed by atoms with E-state index in [0.29, 0.717) is 35.1 Å². The first-order chi connectivity index (χ1) is 15.6. The van der Waals surface area contributed by atoms with Crippen molar-refractivity contribution in [3.8, 4) is 28.4 Å². The van der Waals surface area contributed by atoms with E-state index in [2.05, 4.69) is 0 Å². The number of carbonyl (C=O) groups is 2. The average Bonchev–Trinajstić information content (AvgIpc) is 3.06. The van der Waals surface area contributed by atoms with Gasteiger partial charge in [0.25, 0.3) is 0 Å². The highest BCUT2D eigenvalue weighted by Crippen LogP contribution is 2.50. The zero-order valence-electron chi connectivity index (χ0n) is 19.7. The number of rotatable bonds is 7. The van der Waals surface area contributed by atoms with Crippen LogP contribution in [0.15, 0.2) is 30.3 Å². The highest BCUT2D eigenvalue weighted by molar-refractivity contribution is 5.94. The number of esters is 1. The SMILES string of the molecule is [2H]C([2H])([2H])Oc1ccc(-c2ccc3c(c2)COC3=O)c(OC(C)C2(C(=O)O)CCC2)c1OC. The average molecular weight is 415 g/mol. The van der Waals surface area contributed by atoms with E-state index in [4.69, 9.17) is 23.1 Å². The van der Waals surface area contributed by atoms with Gasteiger partial charge in [0.2, 0.25) is 5.75 Å². The first-order valence-corrected chi connectivity index (χ1v) is 9.66. The lowest BCUT2D eigenvalue weighted by Crippen LogP contribution is -2.49. The summed E-state index contributed by atoms with van der Waals surface area (Å²) in [6.07, 6.45) is 1.01. The maximum absolute atomic E-state index is 12.0. The van der Waals surface area contributed by atoms with Crippen molar-refractivity contribution in [2.24, 2.45) is 5.41 Å². The van der Waals surface area contributed by atoms with Gasteiger partial charge in [-0.25, -0.2) is 4.79 Å². The molecule has 2 aliphatic rings. The molecule has 158 valence electrons. The second-order valence-electron chi connectivity index (χ2n) is 7.60. The van der Waals surface area contributed by atoms with Crippen molar-refractivity contribution in [3.63, 3.8) is 0 Å². The molecule has 1 aliphatic heterocycles. The number of benzene rings is 2. The molecule has 1 saturated carbocycles. The van der Waals surface area contributed by atoms with E-state index in [1.807, 2.05) is 0 Å². The van der Waals surface area contributed by atoms with Crippen molar-refractivity contribution in [2.45, 2.75) is 38.9 Å². The van der Waals surface area contributed by atoms with Crippen molar-refractivity contribution < 1.29 is 37.8 Å². The van der Waals surface area contributed by atoms with Crippen molar-refractivity contribution in [2.75, 3.05) is 14.1 Å². The summed E-state index contributed by atoms with van der Waals surface area (Å²) in [5.41, 5.74) is 1.36. The van der Waals surface area contributed by atoms with Crippen LogP contribution in [0.4, 0.5) is 0 Å². The molecular weight excluding hydrogens is 388 g/mol. The molecule has 2 aromatic carbocycles. The number of carbonyl (C=O) groups excluding carboxylic acids is 1. The molecule has 0 amide bonds. The van der Waals surface area contributed by atoms with Crippen LogP contribution >= 0.6 is 0 Å². The molecule has 2 aromatic rings. The number of carboxylic acid groups (broad SMARTS) is 1. The van der Waals surface area contributed by atoms with Crippen molar-refractivity contribution >= 4 is 11.9 Å². The molecule has 0 saturated heterocycles. The predicted molar refractivity (Wildman–Crippen MR) is 108 cm³/mol. The van der Waals surface area contributed by atoms with E-state index in [1.54, 1.807) is 31.2 Å². The van der Waals surface area contributed by atoms with Crippen LogP contribution in [0.3, 0.4) is 0 Å². The Hall–Kier alpha value is -3.22. The van der Waals surface area contributed by atoms with Crippen LogP contribution in [0, 0.1) is 5.41 Å². The highest BCUT2D eigenvalue weighted by atomic mass is 16.5. The first kappa shape index (κ1) is 16.6. The molecule has 0 radical (unpaired) electrons. The van der Waals surface area contributed by atoms with Crippen molar-refractivity contribution in [1.29, 1.82) is 0 Å². The van der Waals surface area contributed by atoms with Gasteiger partial charge in [0.15, 0.2) is 11.5 Å². The summed E-state index contributed by atoms with van der Waals surface area (Å²) in [4.78, 5) is 23.8. The van der Waals surface area contributed by atoms with E-state index in [9.17, 15) is 14.7 Å². The Labute approximate surface area is 178 Å². The third-order valence-corrected chi connectivity index (χ3v) is 6.13. The maximum Gasteiger partial charge on any atom is 0.338 e.